The largest absolute Gasteiger partial charge is 0.270 e. The highest BCUT2D eigenvalue weighted by molar-refractivity contribution is 7.19. The minimum Gasteiger partial charge on any atom is -0.258 e. The monoisotopic (exact) mass is 296 g/mol. The summed E-state index contributed by atoms with van der Waals surface area (Å²) in [6, 6.07) is 12.7. The Kier molecular flexibility index (Phi) is 3.50. The lowest BCUT2D eigenvalue weighted by Gasteiger charge is -1.93. The third-order valence-electron chi connectivity index (χ3n) is 3.06. The zero-order valence-electron chi connectivity index (χ0n) is 11.3. The van der Waals surface area contributed by atoms with Gasteiger partial charge in [0.2, 0.25) is 0 Å². The van der Waals surface area contributed by atoms with Gasteiger partial charge < -0.3 is 0 Å². The Morgan fingerprint density at radius 3 is 2.86 bits per heavy atom. The highest BCUT2D eigenvalue weighted by Gasteiger charge is 2.04. The van der Waals surface area contributed by atoms with E-state index in [-0.39, 0.29) is 5.69 Å². The first-order chi connectivity index (χ1) is 10.1. The summed E-state index contributed by atoms with van der Waals surface area (Å²) in [4.78, 5) is 14.9. The summed E-state index contributed by atoms with van der Waals surface area (Å²) in [7, 11) is 0. The molecule has 104 valence electrons. The second-order valence-corrected chi connectivity index (χ2v) is 5.77. The average molecular weight is 296 g/mol. The van der Waals surface area contributed by atoms with Crippen molar-refractivity contribution in [3.63, 3.8) is 0 Å². The van der Waals surface area contributed by atoms with Gasteiger partial charge in [0.1, 0.15) is 5.01 Å². The topological polar surface area (TPSA) is 56.0 Å². The molecule has 0 aliphatic carbocycles. The molecule has 0 aliphatic heterocycles. The predicted molar refractivity (Wildman–Crippen MR) is 86.4 cm³/mol. The molecule has 0 N–H and O–H groups in total. The van der Waals surface area contributed by atoms with Gasteiger partial charge in [0.05, 0.1) is 15.1 Å². The standard InChI is InChI=1S/C16H12N2O2S/c1-11-5-7-15-14(9-11)17-16(21-15)8-6-12-3-2-4-13(10-12)18(19)20/h2-10H,1H3/b8-6-. The quantitative estimate of drug-likeness (QED) is 0.520. The minimum absolute atomic E-state index is 0.0945. The Hall–Kier alpha value is -2.53. The summed E-state index contributed by atoms with van der Waals surface area (Å²) in [5, 5.41) is 11.6. The third-order valence-corrected chi connectivity index (χ3v) is 4.06. The number of rotatable bonds is 3. The van der Waals surface area contributed by atoms with Crippen LogP contribution in [0.5, 0.6) is 0 Å². The lowest BCUT2D eigenvalue weighted by atomic mass is 10.2. The van der Waals surface area contributed by atoms with E-state index in [1.54, 1.807) is 23.5 Å². The van der Waals surface area contributed by atoms with Crippen molar-refractivity contribution in [1.82, 2.24) is 4.98 Å². The lowest BCUT2D eigenvalue weighted by Crippen LogP contribution is -1.87. The van der Waals surface area contributed by atoms with E-state index in [1.807, 2.05) is 25.1 Å². The summed E-state index contributed by atoms with van der Waals surface area (Å²) in [5.74, 6) is 0. The van der Waals surface area contributed by atoms with Crippen LogP contribution in [0.15, 0.2) is 42.5 Å². The number of hydrogen-bond acceptors (Lipinski definition) is 4. The average Bonchev–Trinajstić information content (AvgIpc) is 2.87. The third kappa shape index (κ3) is 2.98. The van der Waals surface area contributed by atoms with E-state index < -0.39 is 4.92 Å². The highest BCUT2D eigenvalue weighted by Crippen LogP contribution is 2.24. The number of nitrogens with zero attached hydrogens (tertiary/aromatic N) is 2. The maximum absolute atomic E-state index is 10.7. The van der Waals surface area contributed by atoms with Crippen molar-refractivity contribution < 1.29 is 4.92 Å². The number of fused-ring (bicyclic) bond motifs is 1. The van der Waals surface area contributed by atoms with Gasteiger partial charge in [-0.25, -0.2) is 4.98 Å². The molecule has 2 aromatic carbocycles. The Balaban J connectivity index is 1.90. The molecule has 0 saturated heterocycles. The SMILES string of the molecule is Cc1ccc2sc(/C=C\c3cccc([N+](=O)[O-])c3)nc2c1. The van der Waals surface area contributed by atoms with Crippen LogP contribution < -0.4 is 0 Å². The van der Waals surface area contributed by atoms with Gasteiger partial charge in [-0.15, -0.1) is 11.3 Å². The van der Waals surface area contributed by atoms with Crippen LogP contribution >= 0.6 is 11.3 Å². The van der Waals surface area contributed by atoms with E-state index in [0.29, 0.717) is 0 Å². The molecule has 0 unspecified atom stereocenters. The summed E-state index contributed by atoms with van der Waals surface area (Å²) >= 11 is 1.60. The fourth-order valence-corrected chi connectivity index (χ4v) is 2.89. The lowest BCUT2D eigenvalue weighted by molar-refractivity contribution is -0.384. The second kappa shape index (κ2) is 5.46. The van der Waals surface area contributed by atoms with Crippen LogP contribution in [-0.4, -0.2) is 9.91 Å². The molecule has 0 bridgehead atoms. The van der Waals surface area contributed by atoms with E-state index >= 15 is 0 Å². The van der Waals surface area contributed by atoms with Crippen molar-refractivity contribution in [2.24, 2.45) is 0 Å². The van der Waals surface area contributed by atoms with Crippen molar-refractivity contribution >= 4 is 39.4 Å². The molecule has 5 heteroatoms. The number of non-ortho nitro benzene ring substituents is 1. The smallest absolute Gasteiger partial charge is 0.258 e. The molecule has 0 aliphatic rings. The molecule has 0 amide bonds. The number of hydrogen-bond donors (Lipinski definition) is 0. The maximum Gasteiger partial charge on any atom is 0.270 e. The zero-order valence-corrected chi connectivity index (χ0v) is 12.1. The van der Waals surface area contributed by atoms with Crippen molar-refractivity contribution in [2.45, 2.75) is 6.92 Å². The summed E-state index contributed by atoms with van der Waals surface area (Å²) in [5.41, 5.74) is 3.05. The van der Waals surface area contributed by atoms with Crippen LogP contribution in [0.4, 0.5) is 5.69 Å². The van der Waals surface area contributed by atoms with E-state index in [0.717, 1.165) is 20.8 Å². The number of aryl methyl sites for hydroxylation is 1. The molecule has 0 radical (unpaired) electrons. The van der Waals surface area contributed by atoms with Crippen LogP contribution in [0.1, 0.15) is 16.1 Å². The van der Waals surface area contributed by atoms with Crippen molar-refractivity contribution in [3.05, 3.63) is 68.7 Å². The molecule has 0 spiro atoms. The number of thiazole rings is 1. The van der Waals surface area contributed by atoms with E-state index in [4.69, 9.17) is 0 Å². The van der Waals surface area contributed by atoms with Crippen LogP contribution in [0.2, 0.25) is 0 Å². The summed E-state index contributed by atoms with van der Waals surface area (Å²) in [6.45, 7) is 2.04. The maximum atomic E-state index is 10.7. The molecule has 21 heavy (non-hydrogen) atoms. The first kappa shape index (κ1) is 13.5. The van der Waals surface area contributed by atoms with Gasteiger partial charge in [0.25, 0.3) is 5.69 Å². The van der Waals surface area contributed by atoms with Crippen LogP contribution in [0, 0.1) is 17.0 Å². The molecule has 0 atom stereocenters. The molecule has 0 fully saturated rings. The Labute approximate surface area is 125 Å². The number of aromatic nitrogens is 1. The molecular formula is C16H12N2O2S. The first-order valence-electron chi connectivity index (χ1n) is 6.41. The fraction of sp³-hybridized carbons (Fsp3) is 0.0625. The normalized spacial score (nSPS) is 11.3. The summed E-state index contributed by atoms with van der Waals surface area (Å²) < 4.78 is 1.14. The van der Waals surface area contributed by atoms with Gasteiger partial charge in [0.15, 0.2) is 0 Å². The van der Waals surface area contributed by atoms with Gasteiger partial charge in [-0.1, -0.05) is 24.3 Å². The van der Waals surface area contributed by atoms with Gasteiger partial charge in [0, 0.05) is 12.1 Å². The zero-order chi connectivity index (χ0) is 14.8. The van der Waals surface area contributed by atoms with Gasteiger partial charge in [-0.05, 0) is 36.3 Å². The van der Waals surface area contributed by atoms with Gasteiger partial charge in [-0.3, -0.25) is 10.1 Å². The molecule has 1 aromatic heterocycles. The van der Waals surface area contributed by atoms with E-state index in [2.05, 4.69) is 23.2 Å². The Morgan fingerprint density at radius 2 is 2.05 bits per heavy atom. The molecule has 1 heterocycles. The Morgan fingerprint density at radius 1 is 1.19 bits per heavy atom. The Bertz CT molecular complexity index is 852. The second-order valence-electron chi connectivity index (χ2n) is 4.71. The van der Waals surface area contributed by atoms with Crippen molar-refractivity contribution in [2.75, 3.05) is 0 Å². The molecule has 4 nitrogen and oxygen atoms in total. The van der Waals surface area contributed by atoms with Crippen LogP contribution in [0.25, 0.3) is 22.4 Å². The predicted octanol–water partition coefficient (Wildman–Crippen LogP) is 4.68. The highest BCUT2D eigenvalue weighted by atomic mass is 32.1. The summed E-state index contributed by atoms with van der Waals surface area (Å²) in [6.07, 6.45) is 3.73. The van der Waals surface area contributed by atoms with Crippen molar-refractivity contribution in [3.8, 4) is 0 Å². The number of benzene rings is 2. The minimum atomic E-state index is -0.391. The van der Waals surface area contributed by atoms with E-state index in [1.165, 1.54) is 11.6 Å². The molecule has 0 saturated carbocycles. The number of nitro benzene ring substituents is 1. The van der Waals surface area contributed by atoms with Crippen LogP contribution in [0.3, 0.4) is 0 Å². The molecular weight excluding hydrogens is 284 g/mol. The van der Waals surface area contributed by atoms with E-state index in [9.17, 15) is 10.1 Å². The van der Waals surface area contributed by atoms with Crippen LogP contribution in [-0.2, 0) is 0 Å². The van der Waals surface area contributed by atoms with Gasteiger partial charge in [-0.2, -0.15) is 0 Å². The number of nitro groups is 1. The fourth-order valence-electron chi connectivity index (χ4n) is 2.04. The van der Waals surface area contributed by atoms with Gasteiger partial charge >= 0.3 is 0 Å². The molecule has 3 rings (SSSR count). The first-order valence-corrected chi connectivity index (χ1v) is 7.23. The molecule has 3 aromatic rings. The van der Waals surface area contributed by atoms with Crippen molar-refractivity contribution in [1.29, 1.82) is 0 Å².